The molecule has 2 heterocycles. The van der Waals surface area contributed by atoms with Gasteiger partial charge in [0.05, 0.1) is 35.2 Å². The number of carbonyl (C=O) groups is 2. The normalized spacial score (nSPS) is 19.5. The summed E-state index contributed by atoms with van der Waals surface area (Å²) < 4.78 is 5.19. The van der Waals surface area contributed by atoms with Crippen LogP contribution < -0.4 is 10.6 Å². The number of fused-ring (bicyclic) bond motifs is 1. The minimum Gasteiger partial charge on any atom is -0.384 e. The number of aromatic amines is 1. The molecule has 8 nitrogen and oxygen atoms in total. The number of methoxy groups -OCH3 is 1. The van der Waals surface area contributed by atoms with Gasteiger partial charge in [0.2, 0.25) is 5.91 Å². The van der Waals surface area contributed by atoms with Gasteiger partial charge in [-0.05, 0) is 57.4 Å². The fourth-order valence-corrected chi connectivity index (χ4v) is 7.93. The lowest BCUT2D eigenvalue weighted by Gasteiger charge is -2.53. The first-order valence-corrected chi connectivity index (χ1v) is 15.8. The first-order chi connectivity index (χ1) is 17.2. The molecule has 3 amide bonds. The van der Waals surface area contributed by atoms with Crippen molar-refractivity contribution >= 4 is 27.8 Å². The van der Waals surface area contributed by atoms with Crippen molar-refractivity contribution in [3.63, 3.8) is 0 Å². The molecule has 1 aliphatic carbocycles. The van der Waals surface area contributed by atoms with Gasteiger partial charge in [0, 0.05) is 18.1 Å². The topological polar surface area (TPSA) is 99.3 Å². The average molecular weight is 530 g/mol. The van der Waals surface area contributed by atoms with Crippen molar-refractivity contribution in [1.29, 1.82) is 0 Å². The molecule has 1 unspecified atom stereocenters. The lowest BCUT2D eigenvalue weighted by molar-refractivity contribution is -0.120. The third-order valence-electron chi connectivity index (χ3n) is 8.39. The number of amides is 3. The first-order valence-electron chi connectivity index (χ1n) is 12.9. The average Bonchev–Trinajstić information content (AvgIpc) is 3.28. The van der Waals surface area contributed by atoms with Crippen LogP contribution in [0.2, 0.25) is 0 Å². The molecule has 2 aromatic rings. The first kappa shape index (κ1) is 27.5. The Morgan fingerprint density at radius 1 is 1.19 bits per heavy atom. The van der Waals surface area contributed by atoms with E-state index in [9.17, 15) is 9.59 Å². The molecule has 3 N–H and O–H groups in total. The van der Waals surface area contributed by atoms with Crippen LogP contribution in [-0.2, 0) is 21.6 Å². The highest BCUT2D eigenvalue weighted by molar-refractivity contribution is 8.33. The van der Waals surface area contributed by atoms with E-state index >= 15 is 0 Å². The number of hydrogen-bond donors (Lipinski definition) is 3. The fourth-order valence-electron chi connectivity index (χ4n) is 5.81. The number of anilines is 1. The van der Waals surface area contributed by atoms with E-state index in [1.807, 2.05) is 49.1 Å². The molecule has 0 spiro atoms. The molecule has 1 atom stereocenters. The number of H-pyrrole nitrogens is 1. The van der Waals surface area contributed by atoms with Gasteiger partial charge in [-0.2, -0.15) is 5.10 Å². The predicted molar refractivity (Wildman–Crippen MR) is 151 cm³/mol. The van der Waals surface area contributed by atoms with Crippen molar-refractivity contribution in [1.82, 2.24) is 20.4 Å². The monoisotopic (exact) mass is 529 g/mol. The van der Waals surface area contributed by atoms with Crippen molar-refractivity contribution in [3.8, 4) is 0 Å². The molecule has 1 aromatic heterocycles. The largest absolute Gasteiger partial charge is 0.384 e. The number of aromatic nitrogens is 2. The van der Waals surface area contributed by atoms with E-state index in [0.29, 0.717) is 19.0 Å². The summed E-state index contributed by atoms with van der Waals surface area (Å²) >= 11 is 0. The number of urea groups is 1. The van der Waals surface area contributed by atoms with E-state index in [1.54, 1.807) is 7.11 Å². The maximum atomic E-state index is 13.8. The van der Waals surface area contributed by atoms with Crippen LogP contribution in [0, 0.1) is 5.41 Å². The van der Waals surface area contributed by atoms with Crippen LogP contribution in [0.15, 0.2) is 30.3 Å². The van der Waals surface area contributed by atoms with Gasteiger partial charge < -0.3 is 20.3 Å². The van der Waals surface area contributed by atoms with E-state index in [-0.39, 0.29) is 28.1 Å². The van der Waals surface area contributed by atoms with Gasteiger partial charge in [0.1, 0.15) is 0 Å². The van der Waals surface area contributed by atoms with Crippen LogP contribution in [0.3, 0.4) is 0 Å². The van der Waals surface area contributed by atoms with Crippen molar-refractivity contribution in [2.24, 2.45) is 5.41 Å². The zero-order chi connectivity index (χ0) is 27.2. The summed E-state index contributed by atoms with van der Waals surface area (Å²) in [6.07, 6.45) is 9.56. The molecule has 0 bridgehead atoms. The molecule has 0 radical (unpaired) electrons. The van der Waals surface area contributed by atoms with Crippen molar-refractivity contribution in [2.75, 3.05) is 37.8 Å². The lowest BCUT2D eigenvalue weighted by atomic mass is 9.81. The molecule has 9 heteroatoms. The Morgan fingerprint density at radius 3 is 2.38 bits per heavy atom. The summed E-state index contributed by atoms with van der Waals surface area (Å²) in [6, 6.07) is 9.59. The van der Waals surface area contributed by atoms with E-state index in [2.05, 4.69) is 53.4 Å². The Hall–Kier alpha value is -2.52. The number of carbonyl (C=O) groups excluding carboxylic acids is 2. The Kier molecular flexibility index (Phi) is 7.18. The van der Waals surface area contributed by atoms with E-state index in [0.717, 1.165) is 36.1 Å². The maximum Gasteiger partial charge on any atom is 0.318 e. The quantitative estimate of drug-likeness (QED) is 0.441. The van der Waals surface area contributed by atoms with Crippen LogP contribution >= 0.6 is 10.0 Å². The molecule has 1 aromatic carbocycles. The molecular weight excluding hydrogens is 486 g/mol. The van der Waals surface area contributed by atoms with Crippen LogP contribution in [0.4, 0.5) is 10.6 Å². The molecule has 1 aliphatic heterocycles. The second kappa shape index (κ2) is 9.66. The summed E-state index contributed by atoms with van der Waals surface area (Å²) in [4.78, 5) is 29.1. The molecule has 4 rings (SSSR count). The number of nitrogens with zero attached hydrogens (tertiary/aromatic N) is 2. The Balaban J connectivity index is 1.56. The lowest BCUT2D eigenvalue weighted by Crippen LogP contribution is -2.51. The van der Waals surface area contributed by atoms with Crippen LogP contribution in [0.5, 0.6) is 0 Å². The highest BCUT2D eigenvalue weighted by atomic mass is 32.3. The molecule has 1 fully saturated rings. The summed E-state index contributed by atoms with van der Waals surface area (Å²) in [7, 11) is 0.595. The van der Waals surface area contributed by atoms with Gasteiger partial charge in [-0.3, -0.25) is 9.89 Å². The van der Waals surface area contributed by atoms with Crippen LogP contribution in [0.1, 0.15) is 69.8 Å². The number of ether oxygens (including phenoxy) is 1. The van der Waals surface area contributed by atoms with Gasteiger partial charge >= 0.3 is 6.03 Å². The smallest absolute Gasteiger partial charge is 0.318 e. The molecule has 1 saturated carbocycles. The highest BCUT2D eigenvalue weighted by Crippen LogP contribution is 2.60. The zero-order valence-corrected chi connectivity index (χ0v) is 24.3. The van der Waals surface area contributed by atoms with Gasteiger partial charge in [-0.25, -0.2) is 14.8 Å². The van der Waals surface area contributed by atoms with Crippen molar-refractivity contribution in [2.45, 2.75) is 69.8 Å². The Labute approximate surface area is 222 Å². The number of rotatable bonds is 8. The molecule has 2 aliphatic rings. The van der Waals surface area contributed by atoms with E-state index in [4.69, 9.17) is 4.74 Å². The Morgan fingerprint density at radius 2 is 1.84 bits per heavy atom. The number of benzene rings is 1. The van der Waals surface area contributed by atoms with E-state index in [1.165, 1.54) is 0 Å². The summed E-state index contributed by atoms with van der Waals surface area (Å²) in [5, 5.41) is 14.0. The van der Waals surface area contributed by atoms with Crippen LogP contribution in [-0.4, -0.2) is 64.3 Å². The minimum atomic E-state index is -1.08. The predicted octanol–water partition coefficient (Wildman–Crippen LogP) is 5.14. The third-order valence-corrected chi connectivity index (χ3v) is 11.3. The molecular formula is C28H43N5O3S. The second-order valence-corrected chi connectivity index (χ2v) is 16.9. The number of hydrogen-bond acceptors (Lipinski definition) is 4. The molecule has 204 valence electrons. The second-order valence-electron chi connectivity index (χ2n) is 12.4. The summed E-state index contributed by atoms with van der Waals surface area (Å²) in [6.45, 7) is 9.06. The van der Waals surface area contributed by atoms with Gasteiger partial charge in [-0.1, -0.05) is 44.2 Å². The molecule has 0 saturated heterocycles. The van der Waals surface area contributed by atoms with Crippen molar-refractivity contribution < 1.29 is 14.3 Å². The third kappa shape index (κ3) is 4.76. The molecule has 37 heavy (non-hydrogen) atoms. The highest BCUT2D eigenvalue weighted by Gasteiger charge is 2.51. The minimum absolute atomic E-state index is 0.0571. The van der Waals surface area contributed by atoms with Crippen molar-refractivity contribution in [3.05, 3.63) is 47.2 Å². The summed E-state index contributed by atoms with van der Waals surface area (Å²) in [5.74, 6) is 0.597. The maximum absolute atomic E-state index is 13.8. The number of nitrogens with one attached hydrogen (secondary N) is 3. The van der Waals surface area contributed by atoms with E-state index < -0.39 is 15.6 Å². The Bertz CT molecular complexity index is 1150. The summed E-state index contributed by atoms with van der Waals surface area (Å²) in [5.41, 5.74) is 1.80. The SMILES string of the molecule is COCC(C)(C)C(NC(=O)N1Cc2c(NC(=O)C3(S(C)(C)C)CCC3)n[nH]c2C1(C)C)c1ccccc1. The van der Waals surface area contributed by atoms with Crippen LogP contribution in [0.25, 0.3) is 0 Å². The zero-order valence-electron chi connectivity index (χ0n) is 23.5. The fraction of sp³-hybridized carbons (Fsp3) is 0.607. The van der Waals surface area contributed by atoms with Gasteiger partial charge in [0.15, 0.2) is 5.82 Å². The van der Waals surface area contributed by atoms with Gasteiger partial charge in [-0.15, -0.1) is 0 Å². The van der Waals surface area contributed by atoms with Gasteiger partial charge in [0.25, 0.3) is 0 Å². The standard InChI is InChI=1S/C28H43N5O3S/c1-26(2,18-36-5)21(19-13-10-9-11-14-19)29-25(35)33-17-20-22(27(33,3)4)31-32-23(20)30-24(34)28(15-12-16-28)37(6,7)8/h9-11,13-14,21H,12,15-18H2,1-8H3,(H,29,35)(H2,30,31,32,34).